The van der Waals surface area contributed by atoms with Gasteiger partial charge in [0, 0.05) is 30.6 Å². The summed E-state index contributed by atoms with van der Waals surface area (Å²) in [5, 5.41) is 6.64. The maximum atomic E-state index is 12.2. The number of esters is 1. The van der Waals surface area contributed by atoms with Gasteiger partial charge in [-0.3, -0.25) is 14.4 Å². The molecule has 1 saturated heterocycles. The maximum absolute atomic E-state index is 12.2. The van der Waals surface area contributed by atoms with Gasteiger partial charge in [0.1, 0.15) is 5.76 Å². The molecule has 1 aliphatic rings. The van der Waals surface area contributed by atoms with Gasteiger partial charge in [0.2, 0.25) is 5.91 Å². The van der Waals surface area contributed by atoms with E-state index < -0.39 is 24.4 Å². The predicted octanol–water partition coefficient (Wildman–Crippen LogP) is 2.17. The van der Waals surface area contributed by atoms with E-state index in [-0.39, 0.29) is 24.7 Å². The number of carbonyl (C=O) groups is 3. The van der Waals surface area contributed by atoms with Gasteiger partial charge in [-0.15, -0.1) is 0 Å². The first-order valence-electron chi connectivity index (χ1n) is 8.33. The van der Waals surface area contributed by atoms with E-state index in [9.17, 15) is 14.4 Å². The first kappa shape index (κ1) is 18.9. The summed E-state index contributed by atoms with van der Waals surface area (Å²) in [5.41, 5.74) is 0.809. The van der Waals surface area contributed by atoms with Crippen molar-refractivity contribution in [2.45, 2.75) is 19.9 Å². The molecule has 9 heteroatoms. The van der Waals surface area contributed by atoms with Crippen LogP contribution in [0, 0.1) is 12.8 Å². The fourth-order valence-electron chi connectivity index (χ4n) is 2.77. The van der Waals surface area contributed by atoms with Crippen LogP contribution in [-0.2, 0) is 25.7 Å². The van der Waals surface area contributed by atoms with Crippen molar-refractivity contribution in [3.8, 4) is 0 Å². The number of aryl methyl sites for hydroxylation is 1. The van der Waals surface area contributed by atoms with Crippen molar-refractivity contribution in [3.05, 3.63) is 46.7 Å². The number of hydrogen-bond acceptors (Lipinski definition) is 6. The molecule has 1 aromatic heterocycles. The van der Waals surface area contributed by atoms with Crippen LogP contribution in [0.5, 0.6) is 0 Å². The van der Waals surface area contributed by atoms with Gasteiger partial charge in [-0.2, -0.15) is 0 Å². The largest absolute Gasteiger partial charge is 0.455 e. The number of benzene rings is 1. The Hall–Kier alpha value is -2.87. The molecule has 8 nitrogen and oxygen atoms in total. The third-order valence-corrected chi connectivity index (χ3v) is 4.48. The van der Waals surface area contributed by atoms with Crippen molar-refractivity contribution in [1.29, 1.82) is 0 Å². The lowest BCUT2D eigenvalue weighted by Gasteiger charge is -2.17. The van der Waals surface area contributed by atoms with Crippen molar-refractivity contribution in [3.63, 3.8) is 0 Å². The number of likely N-dealkylation sites (tertiary alicyclic amines) is 1. The van der Waals surface area contributed by atoms with E-state index in [1.54, 1.807) is 24.0 Å². The van der Waals surface area contributed by atoms with Crippen LogP contribution < -0.4 is 5.32 Å². The van der Waals surface area contributed by atoms with Crippen molar-refractivity contribution in [1.82, 2.24) is 10.1 Å². The lowest BCUT2D eigenvalue weighted by Crippen LogP contribution is -2.28. The highest BCUT2D eigenvalue weighted by atomic mass is 35.5. The van der Waals surface area contributed by atoms with Crippen LogP contribution in [-0.4, -0.2) is 41.0 Å². The average Bonchev–Trinajstić information content (AvgIpc) is 3.20. The van der Waals surface area contributed by atoms with Gasteiger partial charge in [-0.05, 0) is 18.6 Å². The van der Waals surface area contributed by atoms with Crippen LogP contribution in [0.25, 0.3) is 0 Å². The molecule has 1 atom stereocenters. The van der Waals surface area contributed by atoms with Gasteiger partial charge in [0.25, 0.3) is 5.91 Å². The summed E-state index contributed by atoms with van der Waals surface area (Å²) in [5.74, 6) is -1.09. The quantitative estimate of drug-likeness (QED) is 0.757. The molecule has 0 radical (unpaired) electrons. The molecular formula is C18H18ClN3O5. The number of amides is 2. The number of anilines is 1. The second-order valence-electron chi connectivity index (χ2n) is 6.25. The zero-order valence-electron chi connectivity index (χ0n) is 14.6. The predicted molar refractivity (Wildman–Crippen MR) is 95.8 cm³/mol. The van der Waals surface area contributed by atoms with Crippen LogP contribution >= 0.6 is 11.6 Å². The van der Waals surface area contributed by atoms with E-state index in [1.807, 2.05) is 18.2 Å². The SMILES string of the molecule is Cc1cc(NC(=O)COC(=O)[C@@H]2CC(=O)N(Cc3ccccc3Cl)C2)no1. The van der Waals surface area contributed by atoms with Crippen LogP contribution in [0.15, 0.2) is 34.9 Å². The van der Waals surface area contributed by atoms with E-state index in [0.717, 1.165) is 5.56 Å². The van der Waals surface area contributed by atoms with Crippen LogP contribution in [0.3, 0.4) is 0 Å². The van der Waals surface area contributed by atoms with Crippen molar-refractivity contribution >= 4 is 35.2 Å². The Morgan fingerprint density at radius 2 is 2.19 bits per heavy atom. The number of halogens is 1. The van der Waals surface area contributed by atoms with E-state index in [4.69, 9.17) is 20.9 Å². The number of aromatic nitrogens is 1. The summed E-state index contributed by atoms with van der Waals surface area (Å²) >= 11 is 6.12. The molecule has 2 heterocycles. The molecule has 1 fully saturated rings. The summed E-state index contributed by atoms with van der Waals surface area (Å²) in [6, 6.07) is 8.77. The summed E-state index contributed by atoms with van der Waals surface area (Å²) < 4.78 is 9.85. The molecule has 1 aliphatic heterocycles. The Morgan fingerprint density at radius 3 is 2.89 bits per heavy atom. The Kier molecular flexibility index (Phi) is 5.75. The normalized spacial score (nSPS) is 16.4. The fourth-order valence-corrected chi connectivity index (χ4v) is 2.97. The highest BCUT2D eigenvalue weighted by molar-refractivity contribution is 6.31. The highest BCUT2D eigenvalue weighted by Gasteiger charge is 2.35. The van der Waals surface area contributed by atoms with E-state index in [1.165, 1.54) is 0 Å². The minimum atomic E-state index is -0.609. The first-order chi connectivity index (χ1) is 12.9. The topological polar surface area (TPSA) is 102 Å². The average molecular weight is 392 g/mol. The van der Waals surface area contributed by atoms with Gasteiger partial charge in [0.15, 0.2) is 12.4 Å². The Balaban J connectivity index is 1.48. The Morgan fingerprint density at radius 1 is 1.41 bits per heavy atom. The van der Waals surface area contributed by atoms with Crippen LogP contribution in [0.2, 0.25) is 5.02 Å². The zero-order valence-corrected chi connectivity index (χ0v) is 15.4. The third kappa shape index (κ3) is 4.85. The summed E-state index contributed by atoms with van der Waals surface area (Å²) in [6.45, 7) is 1.79. The van der Waals surface area contributed by atoms with Gasteiger partial charge >= 0.3 is 5.97 Å². The highest BCUT2D eigenvalue weighted by Crippen LogP contribution is 2.24. The molecule has 0 saturated carbocycles. The first-order valence-corrected chi connectivity index (χ1v) is 8.71. The molecule has 2 amide bonds. The molecular weight excluding hydrogens is 374 g/mol. The molecule has 1 N–H and O–H groups in total. The summed E-state index contributed by atoms with van der Waals surface area (Å²) in [7, 11) is 0. The molecule has 0 spiro atoms. The molecule has 142 valence electrons. The summed E-state index contributed by atoms with van der Waals surface area (Å²) in [6.07, 6.45) is 0.0490. The lowest BCUT2D eigenvalue weighted by atomic mass is 10.1. The third-order valence-electron chi connectivity index (χ3n) is 4.11. The van der Waals surface area contributed by atoms with E-state index in [0.29, 0.717) is 17.3 Å². The Bertz CT molecular complexity index is 866. The number of ether oxygens (including phenoxy) is 1. The van der Waals surface area contributed by atoms with Crippen molar-refractivity contribution in [2.24, 2.45) is 5.92 Å². The molecule has 3 rings (SSSR count). The van der Waals surface area contributed by atoms with Crippen LogP contribution in [0.1, 0.15) is 17.7 Å². The molecule has 2 aromatic rings. The van der Waals surface area contributed by atoms with Gasteiger partial charge in [-0.1, -0.05) is 35.0 Å². The smallest absolute Gasteiger partial charge is 0.311 e. The molecule has 0 aliphatic carbocycles. The van der Waals surface area contributed by atoms with Gasteiger partial charge < -0.3 is 19.5 Å². The van der Waals surface area contributed by atoms with Gasteiger partial charge in [0.05, 0.1) is 5.92 Å². The maximum Gasteiger partial charge on any atom is 0.311 e. The number of nitrogens with zero attached hydrogens (tertiary/aromatic N) is 2. The molecule has 0 bridgehead atoms. The van der Waals surface area contributed by atoms with E-state index >= 15 is 0 Å². The second-order valence-corrected chi connectivity index (χ2v) is 6.65. The summed E-state index contributed by atoms with van der Waals surface area (Å²) in [4.78, 5) is 37.7. The van der Waals surface area contributed by atoms with Crippen molar-refractivity contribution < 1.29 is 23.6 Å². The standard InChI is InChI=1S/C18H18ClN3O5/c1-11-6-15(21-27-11)20-16(23)10-26-18(25)13-7-17(24)22(9-13)8-12-4-2-3-5-14(12)19/h2-6,13H,7-10H2,1H3,(H,20,21,23)/t13-/m1/s1. The minimum absolute atomic E-state index is 0.0490. The molecule has 0 unspecified atom stereocenters. The van der Waals surface area contributed by atoms with Crippen molar-refractivity contribution in [2.75, 3.05) is 18.5 Å². The molecule has 27 heavy (non-hydrogen) atoms. The number of nitrogens with one attached hydrogen (secondary N) is 1. The van der Waals surface area contributed by atoms with E-state index in [2.05, 4.69) is 10.5 Å². The molecule has 1 aromatic carbocycles. The van der Waals surface area contributed by atoms with Gasteiger partial charge in [-0.25, -0.2) is 0 Å². The number of carbonyl (C=O) groups excluding carboxylic acids is 3. The second kappa shape index (κ2) is 8.22. The Labute approximate surface area is 160 Å². The lowest BCUT2D eigenvalue weighted by molar-refractivity contribution is -0.151. The number of rotatable bonds is 6. The zero-order chi connectivity index (χ0) is 19.4. The van der Waals surface area contributed by atoms with Crippen LogP contribution in [0.4, 0.5) is 5.82 Å². The fraction of sp³-hybridized carbons (Fsp3) is 0.333. The number of hydrogen-bond donors (Lipinski definition) is 1. The monoisotopic (exact) mass is 391 g/mol. The minimum Gasteiger partial charge on any atom is -0.455 e.